The number of hydrogen-bond acceptors (Lipinski definition) is 3. The Bertz CT molecular complexity index is 242. The molecule has 1 saturated heterocycles. The van der Waals surface area contributed by atoms with Crippen LogP contribution in [0.25, 0.3) is 0 Å². The molecule has 2 heterocycles. The van der Waals surface area contributed by atoms with Gasteiger partial charge < -0.3 is 9.73 Å². The molecule has 0 atom stereocenters. The van der Waals surface area contributed by atoms with Gasteiger partial charge in [-0.2, -0.15) is 11.8 Å². The summed E-state index contributed by atoms with van der Waals surface area (Å²) in [6.45, 7) is 2.39. The van der Waals surface area contributed by atoms with Crippen LogP contribution in [0.5, 0.6) is 0 Å². The minimum Gasteiger partial charge on any atom is -0.469 e. The van der Waals surface area contributed by atoms with E-state index in [0.29, 0.717) is 0 Å². The van der Waals surface area contributed by atoms with Crippen LogP contribution in [0.2, 0.25) is 0 Å². The fraction of sp³-hybridized carbons (Fsp3) is 0.636. The van der Waals surface area contributed by atoms with E-state index in [1.807, 2.05) is 6.07 Å². The first-order valence-corrected chi connectivity index (χ1v) is 6.35. The van der Waals surface area contributed by atoms with Gasteiger partial charge in [0.05, 0.1) is 6.26 Å². The Morgan fingerprint density at radius 1 is 1.43 bits per heavy atom. The summed E-state index contributed by atoms with van der Waals surface area (Å²) in [5, 5.41) is 4.25. The third kappa shape index (κ3) is 3.07. The van der Waals surface area contributed by atoms with E-state index in [-0.39, 0.29) is 0 Å². The Hall–Kier alpha value is -0.410. The lowest BCUT2D eigenvalue weighted by Gasteiger charge is -2.21. The van der Waals surface area contributed by atoms with Gasteiger partial charge in [0.1, 0.15) is 5.76 Å². The molecule has 78 valence electrons. The lowest BCUT2D eigenvalue weighted by Crippen LogP contribution is -2.29. The molecule has 1 fully saturated rings. The SMILES string of the molecule is c1coc(CCSC2CCNCC2)c1. The smallest absolute Gasteiger partial charge is 0.104 e. The van der Waals surface area contributed by atoms with Crippen molar-refractivity contribution in [1.29, 1.82) is 0 Å². The molecule has 0 bridgehead atoms. The van der Waals surface area contributed by atoms with E-state index in [9.17, 15) is 0 Å². The summed E-state index contributed by atoms with van der Waals surface area (Å²) in [6, 6.07) is 4.02. The van der Waals surface area contributed by atoms with Gasteiger partial charge in [-0.15, -0.1) is 0 Å². The van der Waals surface area contributed by atoms with Gasteiger partial charge in [-0.25, -0.2) is 0 Å². The molecule has 2 nitrogen and oxygen atoms in total. The van der Waals surface area contributed by atoms with Crippen LogP contribution >= 0.6 is 11.8 Å². The summed E-state index contributed by atoms with van der Waals surface area (Å²) in [5.74, 6) is 2.31. The molecular weight excluding hydrogens is 194 g/mol. The Kier molecular flexibility index (Phi) is 3.95. The number of hydrogen-bond donors (Lipinski definition) is 1. The fourth-order valence-corrected chi connectivity index (χ4v) is 2.96. The maximum absolute atomic E-state index is 5.30. The molecule has 1 aromatic heterocycles. The topological polar surface area (TPSA) is 25.2 Å². The molecule has 0 radical (unpaired) electrons. The van der Waals surface area contributed by atoms with Gasteiger partial charge in [-0.05, 0) is 38.1 Å². The second kappa shape index (κ2) is 5.47. The van der Waals surface area contributed by atoms with Crippen molar-refractivity contribution >= 4 is 11.8 Å². The number of thioether (sulfide) groups is 1. The highest BCUT2D eigenvalue weighted by molar-refractivity contribution is 7.99. The first kappa shape index (κ1) is 10.1. The number of furan rings is 1. The molecule has 14 heavy (non-hydrogen) atoms. The van der Waals surface area contributed by atoms with Crippen LogP contribution in [0.4, 0.5) is 0 Å². The summed E-state index contributed by atoms with van der Waals surface area (Å²) in [5.41, 5.74) is 0. The number of aryl methyl sites for hydroxylation is 1. The second-order valence-corrected chi connectivity index (χ2v) is 5.06. The van der Waals surface area contributed by atoms with Gasteiger partial charge in [0.25, 0.3) is 0 Å². The first-order valence-electron chi connectivity index (χ1n) is 5.30. The van der Waals surface area contributed by atoms with Crippen molar-refractivity contribution in [1.82, 2.24) is 5.32 Å². The fourth-order valence-electron chi connectivity index (χ4n) is 1.74. The molecular formula is C11H17NOS. The normalized spacial score (nSPS) is 18.6. The molecule has 0 saturated carbocycles. The summed E-state index contributed by atoms with van der Waals surface area (Å²) >= 11 is 2.10. The quantitative estimate of drug-likeness (QED) is 0.827. The van der Waals surface area contributed by atoms with E-state index in [1.54, 1.807) is 6.26 Å². The van der Waals surface area contributed by atoms with Crippen molar-refractivity contribution in [3.05, 3.63) is 24.2 Å². The van der Waals surface area contributed by atoms with Crippen LogP contribution in [0, 0.1) is 0 Å². The average molecular weight is 211 g/mol. The summed E-state index contributed by atoms with van der Waals surface area (Å²) in [7, 11) is 0. The Labute approximate surface area is 89.4 Å². The van der Waals surface area contributed by atoms with Gasteiger partial charge in [0, 0.05) is 17.4 Å². The molecule has 1 aliphatic heterocycles. The zero-order chi connectivity index (χ0) is 9.64. The Balaban J connectivity index is 1.62. The standard InChI is InChI=1S/C11H17NOS/c1-2-10(13-8-1)5-9-14-11-3-6-12-7-4-11/h1-2,8,11-12H,3-7,9H2. The highest BCUT2D eigenvalue weighted by Gasteiger charge is 2.12. The number of nitrogens with one attached hydrogen (secondary N) is 1. The van der Waals surface area contributed by atoms with E-state index in [2.05, 4.69) is 23.1 Å². The summed E-state index contributed by atoms with van der Waals surface area (Å²) in [4.78, 5) is 0. The lowest BCUT2D eigenvalue weighted by molar-refractivity contribution is 0.515. The van der Waals surface area contributed by atoms with Crippen molar-refractivity contribution in [2.75, 3.05) is 18.8 Å². The second-order valence-electron chi connectivity index (χ2n) is 3.65. The maximum Gasteiger partial charge on any atom is 0.104 e. The molecule has 2 rings (SSSR count). The van der Waals surface area contributed by atoms with Crippen molar-refractivity contribution in [2.24, 2.45) is 0 Å². The zero-order valence-electron chi connectivity index (χ0n) is 8.37. The highest BCUT2D eigenvalue weighted by atomic mass is 32.2. The van der Waals surface area contributed by atoms with Crippen molar-refractivity contribution in [2.45, 2.75) is 24.5 Å². The zero-order valence-corrected chi connectivity index (χ0v) is 9.19. The van der Waals surface area contributed by atoms with Crippen LogP contribution in [0.15, 0.2) is 22.8 Å². The maximum atomic E-state index is 5.30. The molecule has 1 N–H and O–H groups in total. The van der Waals surface area contributed by atoms with Crippen LogP contribution in [-0.2, 0) is 6.42 Å². The minimum absolute atomic E-state index is 0.867. The van der Waals surface area contributed by atoms with Crippen LogP contribution < -0.4 is 5.32 Å². The minimum atomic E-state index is 0.867. The summed E-state index contributed by atoms with van der Waals surface area (Å²) < 4.78 is 5.30. The lowest BCUT2D eigenvalue weighted by atomic mass is 10.2. The van der Waals surface area contributed by atoms with Crippen molar-refractivity contribution in [3.8, 4) is 0 Å². The largest absolute Gasteiger partial charge is 0.469 e. The third-order valence-corrected chi connectivity index (χ3v) is 3.95. The molecule has 3 heteroatoms. The molecule has 0 aliphatic carbocycles. The predicted molar refractivity (Wildman–Crippen MR) is 60.8 cm³/mol. The highest BCUT2D eigenvalue weighted by Crippen LogP contribution is 2.21. The van der Waals surface area contributed by atoms with Gasteiger partial charge in [-0.3, -0.25) is 0 Å². The van der Waals surface area contributed by atoms with E-state index in [4.69, 9.17) is 4.42 Å². The molecule has 0 unspecified atom stereocenters. The van der Waals surface area contributed by atoms with Gasteiger partial charge in [-0.1, -0.05) is 0 Å². The van der Waals surface area contributed by atoms with E-state index in [1.165, 1.54) is 31.7 Å². The van der Waals surface area contributed by atoms with Crippen LogP contribution in [0.1, 0.15) is 18.6 Å². The van der Waals surface area contributed by atoms with E-state index >= 15 is 0 Å². The van der Waals surface area contributed by atoms with Crippen molar-refractivity contribution < 1.29 is 4.42 Å². The summed E-state index contributed by atoms with van der Waals surface area (Å²) in [6.07, 6.45) is 5.47. The van der Waals surface area contributed by atoms with E-state index < -0.39 is 0 Å². The number of piperidine rings is 1. The molecule has 1 aromatic rings. The molecule has 0 spiro atoms. The third-order valence-electron chi connectivity index (χ3n) is 2.57. The van der Waals surface area contributed by atoms with Crippen molar-refractivity contribution in [3.63, 3.8) is 0 Å². The van der Waals surface area contributed by atoms with Gasteiger partial charge in [0.15, 0.2) is 0 Å². The number of rotatable bonds is 4. The molecule has 0 aromatic carbocycles. The molecule has 0 amide bonds. The first-order chi connectivity index (χ1) is 6.95. The van der Waals surface area contributed by atoms with Gasteiger partial charge in [0.2, 0.25) is 0 Å². The van der Waals surface area contributed by atoms with Crippen LogP contribution in [-0.4, -0.2) is 24.1 Å². The Morgan fingerprint density at radius 3 is 3.00 bits per heavy atom. The molecule has 1 aliphatic rings. The van der Waals surface area contributed by atoms with Gasteiger partial charge >= 0.3 is 0 Å². The average Bonchev–Trinajstić information content (AvgIpc) is 2.72. The Morgan fingerprint density at radius 2 is 2.29 bits per heavy atom. The van der Waals surface area contributed by atoms with E-state index in [0.717, 1.165) is 17.4 Å². The monoisotopic (exact) mass is 211 g/mol. The predicted octanol–water partition coefficient (Wildman–Crippen LogP) is 2.31. The van der Waals surface area contributed by atoms with Crippen LogP contribution in [0.3, 0.4) is 0 Å².